The first-order chi connectivity index (χ1) is 16.5. The highest BCUT2D eigenvalue weighted by Gasteiger charge is 2.22. The fraction of sp³-hybridized carbons (Fsp3) is 0.280. The van der Waals surface area contributed by atoms with E-state index in [-0.39, 0.29) is 6.04 Å². The van der Waals surface area contributed by atoms with Gasteiger partial charge in [-0.15, -0.1) is 22.7 Å². The first kappa shape index (κ1) is 24.0. The largest absolute Gasteiger partial charge is 0.377 e. The molecule has 1 N–H and O–H groups in total. The molecule has 1 saturated heterocycles. The third-order valence-electron chi connectivity index (χ3n) is 5.28. The second-order valence-electron chi connectivity index (χ2n) is 7.88. The number of amides is 1. The zero-order chi connectivity index (χ0) is 23.9. The molecule has 0 aliphatic carbocycles. The second kappa shape index (κ2) is 11.3. The molecule has 0 radical (unpaired) electrons. The molecule has 34 heavy (non-hydrogen) atoms. The molecular weight excluding hydrogens is 466 g/mol. The minimum atomic E-state index is 0.0856. The summed E-state index contributed by atoms with van der Waals surface area (Å²) in [6.07, 6.45) is 2.74. The molecular formula is C25H27N5O2S2. The summed E-state index contributed by atoms with van der Waals surface area (Å²) in [5.74, 6) is 0.814. The summed E-state index contributed by atoms with van der Waals surface area (Å²) in [5.41, 5.74) is 4.30. The van der Waals surface area contributed by atoms with Crippen LogP contribution in [0.2, 0.25) is 0 Å². The quantitative estimate of drug-likeness (QED) is 0.367. The number of ether oxygens (including phenoxy) is 1. The maximum Gasteiger partial charge on any atom is 0.210 e. The Kier molecular flexibility index (Phi) is 7.99. The molecule has 0 bridgehead atoms. The molecule has 1 aromatic carbocycles. The zero-order valence-electron chi connectivity index (χ0n) is 19.4. The molecule has 0 spiro atoms. The number of aryl methyl sites for hydroxylation is 3. The fourth-order valence-corrected chi connectivity index (χ4v) is 5.22. The van der Waals surface area contributed by atoms with Crippen molar-refractivity contribution in [3.05, 3.63) is 75.9 Å². The van der Waals surface area contributed by atoms with E-state index in [0.29, 0.717) is 19.8 Å². The Morgan fingerprint density at radius 1 is 1.12 bits per heavy atom. The lowest BCUT2D eigenvalue weighted by Crippen LogP contribution is -2.38. The molecule has 1 fully saturated rings. The third-order valence-corrected chi connectivity index (χ3v) is 7.13. The summed E-state index contributed by atoms with van der Waals surface area (Å²) in [6, 6.07) is 14.0. The van der Waals surface area contributed by atoms with E-state index < -0.39 is 0 Å². The third kappa shape index (κ3) is 6.05. The normalized spacial score (nSPS) is 15.4. The molecule has 9 heteroatoms. The van der Waals surface area contributed by atoms with Crippen LogP contribution in [0.25, 0.3) is 10.6 Å². The molecule has 1 aliphatic heterocycles. The van der Waals surface area contributed by atoms with E-state index >= 15 is 0 Å². The van der Waals surface area contributed by atoms with Gasteiger partial charge in [-0.2, -0.15) is 0 Å². The number of thiazole rings is 2. The summed E-state index contributed by atoms with van der Waals surface area (Å²) in [7, 11) is 0. The molecule has 0 saturated carbocycles. The Labute approximate surface area is 207 Å². The Hall–Kier alpha value is -3.14. The molecule has 5 rings (SSSR count). The van der Waals surface area contributed by atoms with Crippen LogP contribution in [0.15, 0.2) is 54.0 Å². The van der Waals surface area contributed by atoms with E-state index in [0.717, 1.165) is 49.8 Å². The van der Waals surface area contributed by atoms with Crippen molar-refractivity contribution in [2.45, 2.75) is 26.8 Å². The molecule has 176 valence electrons. The topological polar surface area (TPSA) is 80.2 Å². The van der Waals surface area contributed by atoms with Crippen LogP contribution < -0.4 is 5.32 Å². The highest BCUT2D eigenvalue weighted by atomic mass is 32.1. The van der Waals surface area contributed by atoms with Gasteiger partial charge in [0.25, 0.3) is 0 Å². The average molecular weight is 494 g/mol. The fourth-order valence-electron chi connectivity index (χ4n) is 3.56. The van der Waals surface area contributed by atoms with Gasteiger partial charge in [-0.1, -0.05) is 36.4 Å². The van der Waals surface area contributed by atoms with Crippen molar-refractivity contribution in [1.82, 2.24) is 19.9 Å². The summed E-state index contributed by atoms with van der Waals surface area (Å²) >= 11 is 3.26. The lowest BCUT2D eigenvalue weighted by molar-refractivity contribution is -0.126. The Bertz CT molecular complexity index is 1210. The molecule has 4 heterocycles. The summed E-state index contributed by atoms with van der Waals surface area (Å²) in [4.78, 5) is 27.1. The molecule has 4 aromatic rings. The van der Waals surface area contributed by atoms with Crippen molar-refractivity contribution in [1.29, 1.82) is 0 Å². The van der Waals surface area contributed by atoms with Crippen LogP contribution >= 0.6 is 22.7 Å². The summed E-state index contributed by atoms with van der Waals surface area (Å²) in [5, 5.41) is 7.20. The smallest absolute Gasteiger partial charge is 0.210 e. The summed E-state index contributed by atoms with van der Waals surface area (Å²) in [6.45, 7) is 7.98. The number of nitrogens with zero attached hydrogens (tertiary/aromatic N) is 4. The van der Waals surface area contributed by atoms with Crippen LogP contribution in [0.5, 0.6) is 0 Å². The van der Waals surface area contributed by atoms with Crippen LogP contribution in [0.3, 0.4) is 0 Å². The second-order valence-corrected chi connectivity index (χ2v) is 9.94. The maximum absolute atomic E-state index is 10.8. The molecule has 1 unspecified atom stereocenters. The maximum atomic E-state index is 10.8. The van der Waals surface area contributed by atoms with Crippen molar-refractivity contribution in [3.63, 3.8) is 0 Å². The lowest BCUT2D eigenvalue weighted by Gasteiger charge is -2.32. The predicted molar refractivity (Wildman–Crippen MR) is 138 cm³/mol. The molecule has 1 atom stereocenters. The van der Waals surface area contributed by atoms with Crippen molar-refractivity contribution < 1.29 is 9.53 Å². The number of aromatic nitrogens is 3. The zero-order valence-corrected chi connectivity index (χ0v) is 21.0. The predicted octanol–water partition coefficient (Wildman–Crippen LogP) is 5.55. The number of carbonyl (C=O) groups is 1. The van der Waals surface area contributed by atoms with E-state index in [1.807, 2.05) is 69.4 Å². The van der Waals surface area contributed by atoms with Crippen molar-refractivity contribution in [3.8, 4) is 10.6 Å². The Morgan fingerprint density at radius 3 is 2.62 bits per heavy atom. The monoisotopic (exact) mass is 493 g/mol. The SMILES string of the molecule is Cc1ccc(Nc2nc(-c3sc(C)nc3C)cs2)nc1.O=CN1CCOCC1c1ccccc1. The number of morpholine rings is 1. The van der Waals surface area contributed by atoms with E-state index in [1.54, 1.807) is 27.6 Å². The molecule has 1 aliphatic rings. The number of benzene rings is 1. The van der Waals surface area contributed by atoms with Gasteiger partial charge in [0.1, 0.15) is 5.82 Å². The van der Waals surface area contributed by atoms with Gasteiger partial charge >= 0.3 is 0 Å². The van der Waals surface area contributed by atoms with Gasteiger partial charge in [-0.05, 0) is 38.0 Å². The minimum absolute atomic E-state index is 0.0856. The first-order valence-electron chi connectivity index (χ1n) is 11.0. The van der Waals surface area contributed by atoms with Crippen LogP contribution in [-0.2, 0) is 9.53 Å². The van der Waals surface area contributed by atoms with Crippen molar-refractivity contribution >= 4 is 40.0 Å². The van der Waals surface area contributed by atoms with Gasteiger partial charge in [0.2, 0.25) is 6.41 Å². The highest BCUT2D eigenvalue weighted by molar-refractivity contribution is 7.16. The average Bonchev–Trinajstić information content (AvgIpc) is 3.46. The first-order valence-corrected chi connectivity index (χ1v) is 12.7. The minimum Gasteiger partial charge on any atom is -0.377 e. The lowest BCUT2D eigenvalue weighted by atomic mass is 10.1. The number of hydrogen-bond acceptors (Lipinski definition) is 8. The standard InChI is InChI=1S/C14H14N4S2.C11H13NO2/c1-8-4-5-12(15-6-8)18-14-17-11(7-19-14)13-9(2)16-10(3)20-13;13-9-12-6-7-14-8-11(12)10-4-2-1-3-5-10/h4-7H,1-3H3,(H,15,17,18);1-5,9,11H,6-8H2. The van der Waals surface area contributed by atoms with Gasteiger partial charge in [0, 0.05) is 18.1 Å². The highest BCUT2D eigenvalue weighted by Crippen LogP contribution is 2.32. The van der Waals surface area contributed by atoms with Crippen molar-refractivity contribution in [2.75, 3.05) is 25.1 Å². The molecule has 1 amide bonds. The molecule has 7 nitrogen and oxygen atoms in total. The van der Waals surface area contributed by atoms with E-state index in [2.05, 4.69) is 25.6 Å². The number of nitrogens with one attached hydrogen (secondary N) is 1. The van der Waals surface area contributed by atoms with E-state index in [1.165, 1.54) is 0 Å². The van der Waals surface area contributed by atoms with Crippen LogP contribution in [-0.4, -0.2) is 46.0 Å². The number of pyridine rings is 1. The van der Waals surface area contributed by atoms with Crippen molar-refractivity contribution in [2.24, 2.45) is 0 Å². The van der Waals surface area contributed by atoms with Crippen LogP contribution in [0, 0.1) is 20.8 Å². The Balaban J connectivity index is 0.000000172. The Morgan fingerprint density at radius 2 is 1.94 bits per heavy atom. The van der Waals surface area contributed by atoms with Gasteiger partial charge in [0.15, 0.2) is 5.13 Å². The number of anilines is 2. The van der Waals surface area contributed by atoms with Gasteiger partial charge in [0.05, 0.1) is 40.5 Å². The van der Waals surface area contributed by atoms with E-state index in [4.69, 9.17) is 4.74 Å². The van der Waals surface area contributed by atoms with Gasteiger partial charge in [-0.3, -0.25) is 4.79 Å². The van der Waals surface area contributed by atoms with Gasteiger partial charge in [-0.25, -0.2) is 15.0 Å². The van der Waals surface area contributed by atoms with Gasteiger partial charge < -0.3 is 15.0 Å². The number of rotatable bonds is 5. The molecule has 3 aromatic heterocycles. The van der Waals surface area contributed by atoms with E-state index in [9.17, 15) is 4.79 Å². The number of hydrogen-bond donors (Lipinski definition) is 1. The van der Waals surface area contributed by atoms with Crippen LogP contribution in [0.4, 0.5) is 10.9 Å². The van der Waals surface area contributed by atoms with Crippen LogP contribution in [0.1, 0.15) is 27.9 Å². The summed E-state index contributed by atoms with van der Waals surface area (Å²) < 4.78 is 5.37. The number of carbonyl (C=O) groups excluding carboxylic acids is 1.